The van der Waals surface area contributed by atoms with Crippen molar-refractivity contribution < 1.29 is 24.2 Å². The molecule has 0 radical (unpaired) electrons. The van der Waals surface area contributed by atoms with Crippen LogP contribution in [0, 0.1) is 5.92 Å². The minimum atomic E-state index is -0.286. The van der Waals surface area contributed by atoms with Crippen molar-refractivity contribution in [3.05, 3.63) is 56.5 Å². The normalized spacial score (nSPS) is 20.2. The number of nitrogens with zero attached hydrogens (tertiary/aromatic N) is 4. The maximum absolute atomic E-state index is 12.9. The number of fused-ring (bicyclic) bond motifs is 1. The number of ether oxygens (including phenoxy) is 1. The zero-order valence-corrected chi connectivity index (χ0v) is 31.3. The van der Waals surface area contributed by atoms with Crippen LogP contribution in [-0.4, -0.2) is 108 Å². The molecule has 0 aliphatic carbocycles. The molecule has 48 heavy (non-hydrogen) atoms. The fourth-order valence-electron chi connectivity index (χ4n) is 7.45. The lowest BCUT2D eigenvalue weighted by Gasteiger charge is -2.40. The number of anilines is 1. The van der Waals surface area contributed by atoms with Crippen molar-refractivity contribution >= 4 is 55.6 Å². The summed E-state index contributed by atoms with van der Waals surface area (Å²) in [4.78, 5) is 45.1. The minimum absolute atomic E-state index is 0.0403. The summed E-state index contributed by atoms with van der Waals surface area (Å²) in [5.41, 5.74) is 3.12. The Hall–Kier alpha value is -2.83. The average Bonchev–Trinajstić information content (AvgIpc) is 3.28. The molecule has 3 saturated heterocycles. The van der Waals surface area contributed by atoms with Crippen LogP contribution in [0.5, 0.6) is 5.75 Å². The average molecular weight is 792 g/mol. The van der Waals surface area contributed by atoms with Crippen molar-refractivity contribution in [3.63, 3.8) is 0 Å². The van der Waals surface area contributed by atoms with Crippen molar-refractivity contribution in [2.75, 3.05) is 58.2 Å². The van der Waals surface area contributed by atoms with Gasteiger partial charge in [-0.25, -0.2) is 9.59 Å². The summed E-state index contributed by atoms with van der Waals surface area (Å²) in [5, 5.41) is 12.8. The molecule has 2 N–H and O–H groups in total. The third-order valence-corrected chi connectivity index (χ3v) is 11.4. The van der Waals surface area contributed by atoms with Gasteiger partial charge in [-0.2, -0.15) is 0 Å². The fourth-order valence-corrected chi connectivity index (χ4v) is 8.73. The van der Waals surface area contributed by atoms with E-state index in [1.807, 2.05) is 42.2 Å². The number of likely N-dealkylation sites (tertiary alicyclic amines) is 3. The van der Waals surface area contributed by atoms with Gasteiger partial charge in [0.15, 0.2) is 0 Å². The number of phenols is 1. The Morgan fingerprint density at radius 1 is 0.896 bits per heavy atom. The van der Waals surface area contributed by atoms with Crippen molar-refractivity contribution in [3.8, 4) is 5.75 Å². The summed E-state index contributed by atoms with van der Waals surface area (Å²) in [5.74, 6) is 0.403. The van der Waals surface area contributed by atoms with Gasteiger partial charge in [-0.15, -0.1) is 0 Å². The van der Waals surface area contributed by atoms with E-state index in [0.717, 1.165) is 56.4 Å². The zero-order valence-electron chi connectivity index (χ0n) is 28.1. The van der Waals surface area contributed by atoms with E-state index in [2.05, 4.69) is 53.0 Å². The Morgan fingerprint density at radius 3 is 2.15 bits per heavy atom. The van der Waals surface area contributed by atoms with E-state index in [1.165, 1.54) is 45.0 Å². The fraction of sp³-hybridized carbons (Fsp3) is 0.583. The number of hydrogen-bond acceptors (Lipinski definition) is 6. The Bertz CT molecular complexity index is 1400. The molecule has 10 nitrogen and oxygen atoms in total. The van der Waals surface area contributed by atoms with E-state index in [0.29, 0.717) is 41.0 Å². The molecular formula is C36H49Br2N5O5. The highest BCUT2D eigenvalue weighted by Crippen LogP contribution is 2.34. The molecule has 0 saturated carbocycles. The molecule has 4 aliphatic heterocycles. The standard InChI is InChI=1S/C20H28Br2N2O2.C16H21N3O3/c1-14(11-15-12-17(21)19(25)18(22)13-15)20(26)24-9-5-16(6-10-24)23-7-3-2-4-8-23;1-22-16(21)18-9-7-13(8-10-18)19-11-6-12-4-2-3-5-14(12)17-15(19)20/h12-14,16,25H,2-11H2,1H3;2-5,13H,6-11H2,1H3,(H,17,20)/t14-;/m1./s1. The molecule has 0 spiro atoms. The summed E-state index contributed by atoms with van der Waals surface area (Å²) >= 11 is 6.73. The molecule has 6 rings (SSSR count). The molecule has 12 heteroatoms. The van der Waals surface area contributed by atoms with Crippen LogP contribution in [0.3, 0.4) is 0 Å². The van der Waals surface area contributed by atoms with Crippen LogP contribution < -0.4 is 5.32 Å². The van der Waals surface area contributed by atoms with Gasteiger partial charge in [-0.05, 0) is 126 Å². The maximum Gasteiger partial charge on any atom is 0.409 e. The van der Waals surface area contributed by atoms with Crippen molar-refractivity contribution in [2.24, 2.45) is 5.92 Å². The van der Waals surface area contributed by atoms with Gasteiger partial charge in [0.05, 0.1) is 16.1 Å². The Morgan fingerprint density at radius 2 is 1.50 bits per heavy atom. The first-order valence-corrected chi connectivity index (χ1v) is 18.9. The summed E-state index contributed by atoms with van der Waals surface area (Å²) in [6.07, 6.45) is 9.07. The number of carbonyl (C=O) groups excluding carboxylic acids is 3. The van der Waals surface area contributed by atoms with Gasteiger partial charge in [0.1, 0.15) is 5.75 Å². The van der Waals surface area contributed by atoms with Crippen LogP contribution in [0.1, 0.15) is 63.0 Å². The first-order valence-electron chi connectivity index (χ1n) is 17.3. The highest BCUT2D eigenvalue weighted by molar-refractivity contribution is 9.11. The molecule has 0 unspecified atom stereocenters. The monoisotopic (exact) mass is 789 g/mol. The van der Waals surface area contributed by atoms with Crippen LogP contribution in [-0.2, 0) is 22.4 Å². The molecule has 1 atom stereocenters. The Balaban J connectivity index is 0.000000190. The highest BCUT2D eigenvalue weighted by Gasteiger charge is 2.32. The first kappa shape index (κ1) is 36.5. The van der Waals surface area contributed by atoms with Gasteiger partial charge >= 0.3 is 12.1 Å². The lowest BCUT2D eigenvalue weighted by molar-refractivity contribution is -0.136. The molecule has 3 fully saturated rings. The number of nitrogens with one attached hydrogen (secondary N) is 1. The number of methoxy groups -OCH3 is 1. The molecular weight excluding hydrogens is 742 g/mol. The van der Waals surface area contributed by atoms with Crippen molar-refractivity contribution in [2.45, 2.75) is 76.8 Å². The lowest BCUT2D eigenvalue weighted by atomic mass is 9.96. The van der Waals surface area contributed by atoms with Crippen LogP contribution in [0.2, 0.25) is 0 Å². The van der Waals surface area contributed by atoms with Crippen LogP contribution >= 0.6 is 31.9 Å². The molecule has 2 aromatic rings. The SMILES string of the molecule is COC(=O)N1CCC(N2CCc3ccccc3NC2=O)CC1.C[C@H](Cc1cc(Br)c(O)c(Br)c1)C(=O)N1CCC(N2CCCCC2)CC1. The van der Waals surface area contributed by atoms with Gasteiger partial charge in [0.2, 0.25) is 5.91 Å². The summed E-state index contributed by atoms with van der Waals surface area (Å²) in [7, 11) is 1.40. The number of rotatable bonds is 5. The number of aromatic hydroxyl groups is 1. The number of piperidine rings is 3. The number of halogens is 2. The molecule has 262 valence electrons. The van der Waals surface area contributed by atoms with Crippen LogP contribution in [0.4, 0.5) is 15.3 Å². The molecule has 4 amide bonds. The van der Waals surface area contributed by atoms with E-state index in [9.17, 15) is 19.5 Å². The number of amides is 4. The minimum Gasteiger partial charge on any atom is -0.506 e. The molecule has 0 aromatic heterocycles. The molecule has 4 heterocycles. The van der Waals surface area contributed by atoms with Gasteiger partial charge < -0.3 is 34.8 Å². The largest absolute Gasteiger partial charge is 0.506 e. The summed E-state index contributed by atoms with van der Waals surface area (Å²) in [6, 6.07) is 12.5. The topological polar surface area (TPSA) is 106 Å². The number of benzene rings is 2. The second-order valence-corrected chi connectivity index (χ2v) is 15.1. The highest BCUT2D eigenvalue weighted by atomic mass is 79.9. The van der Waals surface area contributed by atoms with Crippen LogP contribution in [0.15, 0.2) is 45.3 Å². The van der Waals surface area contributed by atoms with Gasteiger partial charge in [-0.3, -0.25) is 4.79 Å². The third-order valence-electron chi connectivity index (χ3n) is 10.2. The van der Waals surface area contributed by atoms with Crippen LogP contribution in [0.25, 0.3) is 0 Å². The summed E-state index contributed by atoms with van der Waals surface area (Å²) < 4.78 is 6.06. The van der Waals surface area contributed by atoms with Gasteiger partial charge in [-0.1, -0.05) is 31.5 Å². The number of urea groups is 1. The number of phenolic OH excluding ortho intramolecular Hbond substituents is 1. The number of carbonyl (C=O) groups is 3. The predicted molar refractivity (Wildman–Crippen MR) is 194 cm³/mol. The van der Waals surface area contributed by atoms with Gasteiger partial charge in [0, 0.05) is 56.4 Å². The Labute approximate surface area is 301 Å². The Kier molecular flexibility index (Phi) is 13.1. The summed E-state index contributed by atoms with van der Waals surface area (Å²) in [6.45, 7) is 8.22. The smallest absolute Gasteiger partial charge is 0.409 e. The lowest BCUT2D eigenvalue weighted by Crippen LogP contribution is -2.50. The second kappa shape index (κ2) is 17.2. The van der Waals surface area contributed by atoms with E-state index in [-0.39, 0.29) is 35.7 Å². The first-order chi connectivity index (χ1) is 23.1. The van der Waals surface area contributed by atoms with Gasteiger partial charge in [0.25, 0.3) is 0 Å². The molecule has 2 aromatic carbocycles. The van der Waals surface area contributed by atoms with E-state index in [1.54, 1.807) is 4.90 Å². The second-order valence-electron chi connectivity index (χ2n) is 13.4. The molecule has 0 bridgehead atoms. The third kappa shape index (κ3) is 9.24. The van der Waals surface area contributed by atoms with Crippen molar-refractivity contribution in [1.29, 1.82) is 0 Å². The maximum atomic E-state index is 12.9. The zero-order chi connectivity index (χ0) is 34.2. The van der Waals surface area contributed by atoms with E-state index in [4.69, 9.17) is 4.74 Å². The quantitative estimate of drug-likeness (QED) is 0.343. The number of para-hydroxylation sites is 1. The number of hydrogen-bond donors (Lipinski definition) is 2. The predicted octanol–water partition coefficient (Wildman–Crippen LogP) is 6.88. The van der Waals surface area contributed by atoms with Crippen molar-refractivity contribution in [1.82, 2.24) is 19.6 Å². The van der Waals surface area contributed by atoms with E-state index >= 15 is 0 Å². The molecule has 4 aliphatic rings. The van der Waals surface area contributed by atoms with E-state index < -0.39 is 0 Å².